The number of halogens is 1. The largest absolute Gasteiger partial charge is 0.323 e. The SMILES string of the molecule is Cc1sc2nc(SC(C)C(=O)Nc3ccccc3F)n(C(C)C)c(=O)c2c1C. The van der Waals surface area contributed by atoms with Crippen molar-refractivity contribution in [1.82, 2.24) is 9.55 Å². The van der Waals surface area contributed by atoms with Crippen LogP contribution in [0.15, 0.2) is 34.2 Å². The molecule has 2 heterocycles. The molecule has 1 amide bonds. The van der Waals surface area contributed by atoms with Crippen LogP contribution in [0.5, 0.6) is 0 Å². The fourth-order valence-electron chi connectivity index (χ4n) is 2.83. The van der Waals surface area contributed by atoms with Crippen LogP contribution in [0, 0.1) is 19.7 Å². The standard InChI is InChI=1S/C20H22FN3O2S2/c1-10(2)24-19(26)16-11(3)12(4)27-18(16)23-20(24)28-13(5)17(25)22-15-9-7-6-8-14(15)21/h6-10,13H,1-5H3,(H,22,25). The van der Waals surface area contributed by atoms with Crippen molar-refractivity contribution >= 4 is 44.9 Å². The summed E-state index contributed by atoms with van der Waals surface area (Å²) < 4.78 is 15.4. The highest BCUT2D eigenvalue weighted by Crippen LogP contribution is 2.31. The molecule has 1 N–H and O–H groups in total. The Hall–Kier alpha value is -2.19. The van der Waals surface area contributed by atoms with Gasteiger partial charge >= 0.3 is 0 Å². The van der Waals surface area contributed by atoms with E-state index in [0.717, 1.165) is 10.4 Å². The van der Waals surface area contributed by atoms with Crippen LogP contribution in [-0.4, -0.2) is 20.7 Å². The molecule has 2 aromatic heterocycles. The Bertz CT molecular complexity index is 1100. The van der Waals surface area contributed by atoms with Crippen molar-refractivity contribution in [2.75, 3.05) is 5.32 Å². The quantitative estimate of drug-likeness (QED) is 0.471. The third kappa shape index (κ3) is 3.84. The molecule has 0 aliphatic carbocycles. The molecule has 28 heavy (non-hydrogen) atoms. The molecule has 5 nitrogen and oxygen atoms in total. The first-order valence-corrected chi connectivity index (χ1v) is 10.6. The van der Waals surface area contributed by atoms with Gasteiger partial charge in [-0.05, 0) is 52.3 Å². The molecule has 0 radical (unpaired) electrons. The number of nitrogens with one attached hydrogen (secondary N) is 1. The summed E-state index contributed by atoms with van der Waals surface area (Å²) in [4.78, 5) is 32.0. The predicted molar refractivity (Wildman–Crippen MR) is 114 cm³/mol. The summed E-state index contributed by atoms with van der Waals surface area (Å²) in [5, 5.41) is 3.17. The Kier molecular flexibility index (Phi) is 5.90. The Balaban J connectivity index is 1.94. The van der Waals surface area contributed by atoms with Crippen LogP contribution in [0.1, 0.15) is 37.3 Å². The number of anilines is 1. The van der Waals surface area contributed by atoms with Gasteiger partial charge in [-0.3, -0.25) is 14.2 Å². The number of fused-ring (bicyclic) bond motifs is 1. The number of hydrogen-bond donors (Lipinski definition) is 1. The van der Waals surface area contributed by atoms with E-state index >= 15 is 0 Å². The van der Waals surface area contributed by atoms with Gasteiger partial charge in [-0.15, -0.1) is 11.3 Å². The Morgan fingerprint density at radius 1 is 1.25 bits per heavy atom. The van der Waals surface area contributed by atoms with Crippen molar-refractivity contribution in [2.45, 2.75) is 51.1 Å². The molecular formula is C20H22FN3O2S2. The zero-order chi connectivity index (χ0) is 20.6. The monoisotopic (exact) mass is 419 g/mol. The number of carbonyl (C=O) groups is 1. The second-order valence-corrected chi connectivity index (χ2v) is 9.37. The fraction of sp³-hybridized carbons (Fsp3) is 0.350. The van der Waals surface area contributed by atoms with Gasteiger partial charge in [-0.25, -0.2) is 9.37 Å². The number of thiophene rings is 1. The second kappa shape index (κ2) is 8.05. The van der Waals surface area contributed by atoms with E-state index < -0.39 is 11.1 Å². The first kappa shape index (κ1) is 20.5. The summed E-state index contributed by atoms with van der Waals surface area (Å²) in [5.74, 6) is -0.838. The smallest absolute Gasteiger partial charge is 0.263 e. The van der Waals surface area contributed by atoms with E-state index in [2.05, 4.69) is 10.3 Å². The van der Waals surface area contributed by atoms with Crippen molar-refractivity contribution in [1.29, 1.82) is 0 Å². The van der Waals surface area contributed by atoms with E-state index in [0.29, 0.717) is 15.4 Å². The highest BCUT2D eigenvalue weighted by Gasteiger charge is 2.23. The molecule has 0 bridgehead atoms. The maximum absolute atomic E-state index is 13.8. The van der Waals surface area contributed by atoms with Gasteiger partial charge in [0.2, 0.25) is 5.91 Å². The van der Waals surface area contributed by atoms with Crippen molar-refractivity contribution < 1.29 is 9.18 Å². The number of nitrogens with zero attached hydrogens (tertiary/aromatic N) is 2. The Morgan fingerprint density at radius 3 is 2.57 bits per heavy atom. The zero-order valence-corrected chi connectivity index (χ0v) is 18.0. The van der Waals surface area contributed by atoms with Crippen molar-refractivity contribution in [3.63, 3.8) is 0 Å². The number of rotatable bonds is 5. The summed E-state index contributed by atoms with van der Waals surface area (Å²) in [6.07, 6.45) is 0. The normalized spacial score (nSPS) is 12.5. The van der Waals surface area contributed by atoms with E-state index in [1.165, 1.54) is 35.2 Å². The van der Waals surface area contributed by atoms with Crippen LogP contribution in [0.4, 0.5) is 10.1 Å². The number of aryl methyl sites for hydroxylation is 2. The Labute approximate surface area is 171 Å². The lowest BCUT2D eigenvalue weighted by Gasteiger charge is -2.18. The third-order valence-electron chi connectivity index (χ3n) is 4.50. The number of carbonyl (C=O) groups excluding carboxylic acids is 1. The third-order valence-corrected chi connectivity index (χ3v) is 6.67. The van der Waals surface area contributed by atoms with Crippen LogP contribution in [-0.2, 0) is 4.79 Å². The van der Waals surface area contributed by atoms with E-state index in [1.54, 1.807) is 23.6 Å². The van der Waals surface area contributed by atoms with Crippen LogP contribution >= 0.6 is 23.1 Å². The summed E-state index contributed by atoms with van der Waals surface area (Å²) in [7, 11) is 0. The second-order valence-electron chi connectivity index (χ2n) is 6.86. The van der Waals surface area contributed by atoms with Gasteiger partial charge in [-0.2, -0.15) is 0 Å². The molecule has 1 unspecified atom stereocenters. The van der Waals surface area contributed by atoms with Crippen LogP contribution < -0.4 is 10.9 Å². The van der Waals surface area contributed by atoms with E-state index in [1.807, 2.05) is 27.7 Å². The summed E-state index contributed by atoms with van der Waals surface area (Å²) in [6, 6.07) is 5.92. The van der Waals surface area contributed by atoms with Crippen molar-refractivity contribution in [3.05, 3.63) is 50.9 Å². The molecule has 0 aliphatic rings. The average molecular weight is 420 g/mol. The first-order valence-electron chi connectivity index (χ1n) is 8.95. The lowest BCUT2D eigenvalue weighted by atomic mass is 10.2. The number of aromatic nitrogens is 2. The number of hydrogen-bond acceptors (Lipinski definition) is 5. The van der Waals surface area contributed by atoms with E-state index in [-0.39, 0.29) is 23.2 Å². The maximum Gasteiger partial charge on any atom is 0.263 e. The number of para-hydroxylation sites is 1. The summed E-state index contributed by atoms with van der Waals surface area (Å²) in [5.41, 5.74) is 0.994. The topological polar surface area (TPSA) is 64.0 Å². The number of thioether (sulfide) groups is 1. The number of benzene rings is 1. The van der Waals surface area contributed by atoms with Gasteiger partial charge in [0.15, 0.2) is 5.16 Å². The van der Waals surface area contributed by atoms with Crippen LogP contribution in [0.3, 0.4) is 0 Å². The summed E-state index contributed by atoms with van der Waals surface area (Å²) >= 11 is 2.68. The van der Waals surface area contributed by atoms with Crippen molar-refractivity contribution in [3.8, 4) is 0 Å². The van der Waals surface area contributed by atoms with Gasteiger partial charge in [0, 0.05) is 10.9 Å². The van der Waals surface area contributed by atoms with Gasteiger partial charge < -0.3 is 5.32 Å². The van der Waals surface area contributed by atoms with Crippen LogP contribution in [0.25, 0.3) is 10.2 Å². The zero-order valence-electron chi connectivity index (χ0n) is 16.4. The van der Waals surface area contributed by atoms with Crippen molar-refractivity contribution in [2.24, 2.45) is 0 Å². The molecule has 0 fully saturated rings. The average Bonchev–Trinajstić information content (AvgIpc) is 2.90. The van der Waals surface area contributed by atoms with E-state index in [4.69, 9.17) is 0 Å². The first-order chi connectivity index (χ1) is 13.2. The molecule has 0 aliphatic heterocycles. The summed E-state index contributed by atoms with van der Waals surface area (Å²) in [6.45, 7) is 9.44. The molecule has 0 spiro atoms. The highest BCUT2D eigenvalue weighted by atomic mass is 32.2. The fourth-order valence-corrected chi connectivity index (χ4v) is 4.95. The molecule has 1 atom stereocenters. The van der Waals surface area contributed by atoms with Gasteiger partial charge in [-0.1, -0.05) is 23.9 Å². The van der Waals surface area contributed by atoms with Gasteiger partial charge in [0.1, 0.15) is 10.6 Å². The minimum absolute atomic E-state index is 0.0916. The lowest BCUT2D eigenvalue weighted by molar-refractivity contribution is -0.115. The molecular weight excluding hydrogens is 397 g/mol. The maximum atomic E-state index is 13.8. The lowest BCUT2D eigenvalue weighted by Crippen LogP contribution is -2.28. The molecule has 0 saturated heterocycles. The molecule has 148 valence electrons. The number of amides is 1. The Morgan fingerprint density at radius 2 is 1.93 bits per heavy atom. The molecule has 3 rings (SSSR count). The van der Waals surface area contributed by atoms with Gasteiger partial charge in [0.05, 0.1) is 16.3 Å². The highest BCUT2D eigenvalue weighted by molar-refractivity contribution is 8.00. The van der Waals surface area contributed by atoms with Crippen LogP contribution in [0.2, 0.25) is 0 Å². The minimum Gasteiger partial charge on any atom is -0.323 e. The van der Waals surface area contributed by atoms with Gasteiger partial charge in [0.25, 0.3) is 5.56 Å². The molecule has 0 saturated carbocycles. The molecule has 1 aromatic carbocycles. The molecule has 8 heteroatoms. The molecule has 3 aromatic rings. The minimum atomic E-state index is -0.559. The van der Waals surface area contributed by atoms with E-state index in [9.17, 15) is 14.0 Å². The predicted octanol–water partition coefficient (Wildman–Crippen LogP) is 4.91.